The van der Waals surface area contributed by atoms with Crippen molar-refractivity contribution in [2.75, 3.05) is 31.5 Å². The second kappa shape index (κ2) is 5.40. The summed E-state index contributed by atoms with van der Waals surface area (Å²) in [6.07, 6.45) is 0. The summed E-state index contributed by atoms with van der Waals surface area (Å²) in [5.74, 6) is 0. The lowest BCUT2D eigenvalue weighted by atomic mass is 10.2. The number of halogens is 1. The minimum atomic E-state index is 0.0396. The van der Waals surface area contributed by atoms with Gasteiger partial charge in [0.2, 0.25) is 0 Å². The van der Waals surface area contributed by atoms with E-state index in [9.17, 15) is 4.79 Å². The zero-order chi connectivity index (χ0) is 12.3. The zero-order valence-electron chi connectivity index (χ0n) is 9.79. The lowest BCUT2D eigenvalue weighted by Gasteiger charge is -2.16. The van der Waals surface area contributed by atoms with E-state index in [4.69, 9.17) is 0 Å². The summed E-state index contributed by atoms with van der Waals surface area (Å²) in [4.78, 5) is 13.1. The summed E-state index contributed by atoms with van der Waals surface area (Å²) in [6.45, 7) is 5.13. The lowest BCUT2D eigenvalue weighted by molar-refractivity contribution is 0.219. The molecule has 5 heteroatoms. The highest BCUT2D eigenvalue weighted by atomic mass is 79.9. The summed E-state index contributed by atoms with van der Waals surface area (Å²) in [6, 6.07) is 6.11. The Morgan fingerprint density at radius 1 is 1.53 bits per heavy atom. The first-order valence-electron chi connectivity index (χ1n) is 5.70. The molecule has 0 saturated carbocycles. The van der Waals surface area contributed by atoms with Gasteiger partial charge in [0.05, 0.1) is 0 Å². The van der Waals surface area contributed by atoms with Crippen LogP contribution in [0.4, 0.5) is 10.5 Å². The SMILES string of the molecule is Cc1c(Br)cccc1NCCN1CCNC1=O. The Balaban J connectivity index is 1.86. The van der Waals surface area contributed by atoms with E-state index < -0.39 is 0 Å². The Morgan fingerprint density at radius 2 is 2.35 bits per heavy atom. The predicted octanol–water partition coefficient (Wildman–Crippen LogP) is 2.19. The molecule has 1 aromatic carbocycles. The van der Waals surface area contributed by atoms with Crippen LogP contribution in [0.5, 0.6) is 0 Å². The van der Waals surface area contributed by atoms with Crippen molar-refractivity contribution in [1.29, 1.82) is 0 Å². The van der Waals surface area contributed by atoms with Crippen LogP contribution in [-0.2, 0) is 0 Å². The number of nitrogens with zero attached hydrogens (tertiary/aromatic N) is 1. The van der Waals surface area contributed by atoms with E-state index in [1.165, 1.54) is 5.56 Å². The van der Waals surface area contributed by atoms with E-state index in [1.807, 2.05) is 23.1 Å². The second-order valence-corrected chi connectivity index (χ2v) is 4.91. The number of amides is 2. The van der Waals surface area contributed by atoms with Crippen molar-refractivity contribution in [2.45, 2.75) is 6.92 Å². The molecule has 1 aliphatic rings. The van der Waals surface area contributed by atoms with Crippen molar-refractivity contribution in [3.05, 3.63) is 28.2 Å². The van der Waals surface area contributed by atoms with Crippen LogP contribution in [0.2, 0.25) is 0 Å². The molecule has 1 heterocycles. The van der Waals surface area contributed by atoms with Gasteiger partial charge in [0.1, 0.15) is 0 Å². The number of anilines is 1. The maximum atomic E-state index is 11.3. The number of carbonyl (C=O) groups is 1. The van der Waals surface area contributed by atoms with E-state index in [1.54, 1.807) is 0 Å². The Morgan fingerprint density at radius 3 is 3.06 bits per heavy atom. The number of hydrogen-bond donors (Lipinski definition) is 2. The van der Waals surface area contributed by atoms with E-state index in [2.05, 4.69) is 33.5 Å². The van der Waals surface area contributed by atoms with Crippen LogP contribution >= 0.6 is 15.9 Å². The third-order valence-electron chi connectivity index (χ3n) is 2.91. The first-order chi connectivity index (χ1) is 8.18. The number of urea groups is 1. The quantitative estimate of drug-likeness (QED) is 0.895. The maximum absolute atomic E-state index is 11.3. The standard InChI is InChI=1S/C12H16BrN3O/c1-9-10(13)3-2-4-11(9)14-5-7-16-8-6-15-12(16)17/h2-4,14H,5-8H2,1H3,(H,15,17). The van der Waals surface area contributed by atoms with Gasteiger partial charge in [0.25, 0.3) is 0 Å². The summed E-state index contributed by atoms with van der Waals surface area (Å²) in [7, 11) is 0. The van der Waals surface area contributed by atoms with Crippen molar-refractivity contribution >= 4 is 27.6 Å². The van der Waals surface area contributed by atoms with Gasteiger partial charge in [-0.05, 0) is 24.6 Å². The largest absolute Gasteiger partial charge is 0.383 e. The lowest BCUT2D eigenvalue weighted by Crippen LogP contribution is -2.32. The smallest absolute Gasteiger partial charge is 0.317 e. The van der Waals surface area contributed by atoms with Gasteiger partial charge in [0, 0.05) is 36.3 Å². The van der Waals surface area contributed by atoms with Gasteiger partial charge < -0.3 is 15.5 Å². The summed E-state index contributed by atoms with van der Waals surface area (Å²) in [5, 5.41) is 6.14. The minimum Gasteiger partial charge on any atom is -0.383 e. The molecule has 1 fully saturated rings. The molecule has 0 spiro atoms. The summed E-state index contributed by atoms with van der Waals surface area (Å²) >= 11 is 3.50. The van der Waals surface area contributed by atoms with Crippen molar-refractivity contribution in [3.63, 3.8) is 0 Å². The average Bonchev–Trinajstić information content (AvgIpc) is 2.71. The maximum Gasteiger partial charge on any atom is 0.317 e. The van der Waals surface area contributed by atoms with Crippen molar-refractivity contribution in [1.82, 2.24) is 10.2 Å². The van der Waals surface area contributed by atoms with Crippen LogP contribution in [0.3, 0.4) is 0 Å². The van der Waals surface area contributed by atoms with Gasteiger partial charge in [-0.2, -0.15) is 0 Å². The highest BCUT2D eigenvalue weighted by Crippen LogP contribution is 2.23. The van der Waals surface area contributed by atoms with Crippen LogP contribution in [0, 0.1) is 6.92 Å². The third-order valence-corrected chi connectivity index (χ3v) is 3.77. The molecule has 0 aliphatic carbocycles. The fraction of sp³-hybridized carbons (Fsp3) is 0.417. The van der Waals surface area contributed by atoms with Gasteiger partial charge in [0.15, 0.2) is 0 Å². The van der Waals surface area contributed by atoms with Gasteiger partial charge in [-0.25, -0.2) is 4.79 Å². The van der Waals surface area contributed by atoms with E-state index in [0.29, 0.717) is 0 Å². The molecule has 92 valence electrons. The fourth-order valence-corrected chi connectivity index (χ4v) is 2.22. The first kappa shape index (κ1) is 12.2. The molecule has 2 N–H and O–H groups in total. The Labute approximate surface area is 110 Å². The van der Waals surface area contributed by atoms with Gasteiger partial charge >= 0.3 is 6.03 Å². The topological polar surface area (TPSA) is 44.4 Å². The number of rotatable bonds is 4. The molecule has 2 amide bonds. The van der Waals surface area contributed by atoms with Gasteiger partial charge in [-0.3, -0.25) is 0 Å². The van der Waals surface area contributed by atoms with Gasteiger partial charge in [-0.15, -0.1) is 0 Å². The molecule has 1 saturated heterocycles. The monoisotopic (exact) mass is 297 g/mol. The van der Waals surface area contributed by atoms with E-state index in [0.717, 1.165) is 36.3 Å². The Bertz CT molecular complexity index is 422. The minimum absolute atomic E-state index is 0.0396. The van der Waals surface area contributed by atoms with Crippen molar-refractivity contribution < 1.29 is 4.79 Å². The molecular formula is C12H16BrN3O. The number of hydrogen-bond acceptors (Lipinski definition) is 2. The van der Waals surface area contributed by atoms with E-state index >= 15 is 0 Å². The highest BCUT2D eigenvalue weighted by Gasteiger charge is 2.18. The van der Waals surface area contributed by atoms with Crippen molar-refractivity contribution in [3.8, 4) is 0 Å². The number of benzene rings is 1. The summed E-state index contributed by atoms with van der Waals surface area (Å²) < 4.78 is 1.10. The Kier molecular flexibility index (Phi) is 3.89. The molecule has 4 nitrogen and oxygen atoms in total. The molecule has 1 aromatic rings. The zero-order valence-corrected chi connectivity index (χ0v) is 11.4. The van der Waals surface area contributed by atoms with Crippen LogP contribution in [0.1, 0.15) is 5.56 Å². The molecule has 0 bridgehead atoms. The predicted molar refractivity (Wildman–Crippen MR) is 72.3 cm³/mol. The molecule has 17 heavy (non-hydrogen) atoms. The molecule has 0 atom stereocenters. The number of nitrogens with one attached hydrogen (secondary N) is 2. The molecule has 0 aromatic heterocycles. The normalized spacial score (nSPS) is 14.9. The third kappa shape index (κ3) is 2.91. The molecule has 0 radical (unpaired) electrons. The van der Waals surface area contributed by atoms with E-state index in [-0.39, 0.29) is 6.03 Å². The number of carbonyl (C=O) groups excluding carboxylic acids is 1. The van der Waals surface area contributed by atoms with Crippen LogP contribution in [-0.4, -0.2) is 37.1 Å². The average molecular weight is 298 g/mol. The van der Waals surface area contributed by atoms with Crippen LogP contribution < -0.4 is 10.6 Å². The fourth-order valence-electron chi connectivity index (χ4n) is 1.85. The first-order valence-corrected chi connectivity index (χ1v) is 6.49. The van der Waals surface area contributed by atoms with Gasteiger partial charge in [-0.1, -0.05) is 22.0 Å². The Hall–Kier alpha value is -1.23. The van der Waals surface area contributed by atoms with Crippen molar-refractivity contribution in [2.24, 2.45) is 0 Å². The molecular weight excluding hydrogens is 282 g/mol. The molecule has 1 aliphatic heterocycles. The molecule has 2 rings (SSSR count). The second-order valence-electron chi connectivity index (χ2n) is 4.06. The molecule has 0 unspecified atom stereocenters. The van der Waals surface area contributed by atoms with Crippen LogP contribution in [0.15, 0.2) is 22.7 Å². The summed E-state index contributed by atoms with van der Waals surface area (Å²) in [5.41, 5.74) is 2.30. The highest BCUT2D eigenvalue weighted by molar-refractivity contribution is 9.10. The van der Waals surface area contributed by atoms with Crippen LogP contribution in [0.25, 0.3) is 0 Å².